The minimum atomic E-state index is -0.454. The third-order valence-corrected chi connectivity index (χ3v) is 3.61. The molecule has 0 aromatic heterocycles. The molecule has 18 heavy (non-hydrogen) atoms. The number of hydrogen-bond donors (Lipinski definition) is 3. The first kappa shape index (κ1) is 14.9. The number of carbonyl (C=O) groups excluding carboxylic acids is 2. The average molecular weight is 256 g/mol. The van der Waals surface area contributed by atoms with Crippen LogP contribution in [0.15, 0.2) is 0 Å². The van der Waals surface area contributed by atoms with Crippen LogP contribution in [-0.2, 0) is 4.79 Å². The highest BCUT2D eigenvalue weighted by atomic mass is 16.2. The number of rotatable bonds is 4. The molecule has 1 fully saturated rings. The molecule has 1 atom stereocenters. The molecule has 0 aromatic rings. The molecule has 1 saturated heterocycles. The molecule has 1 unspecified atom stereocenters. The fourth-order valence-electron chi connectivity index (χ4n) is 2.31. The van der Waals surface area contributed by atoms with E-state index >= 15 is 0 Å². The second kappa shape index (κ2) is 7.33. The van der Waals surface area contributed by atoms with Gasteiger partial charge in [0.1, 0.15) is 0 Å². The lowest BCUT2D eigenvalue weighted by atomic mass is 9.93. The third kappa shape index (κ3) is 4.27. The van der Waals surface area contributed by atoms with E-state index in [1.165, 1.54) is 7.05 Å². The Hall–Kier alpha value is -1.14. The van der Waals surface area contributed by atoms with Crippen LogP contribution >= 0.6 is 0 Å². The standard InChI is InChI=1S/C12H24N4O2/c1-9(11(17)15-12(18)14-2)16-7-4-10(3-6-13)5-8-16/h9-10H,3-8,13H2,1-2H3,(H2,14,15,17,18). The molecule has 6 heteroatoms. The summed E-state index contributed by atoms with van der Waals surface area (Å²) in [7, 11) is 1.49. The van der Waals surface area contributed by atoms with E-state index in [4.69, 9.17) is 5.73 Å². The number of imide groups is 1. The van der Waals surface area contributed by atoms with Crippen molar-refractivity contribution in [2.24, 2.45) is 11.7 Å². The Morgan fingerprint density at radius 2 is 2.00 bits per heavy atom. The van der Waals surface area contributed by atoms with Gasteiger partial charge in [-0.15, -0.1) is 0 Å². The lowest BCUT2D eigenvalue weighted by Gasteiger charge is -2.35. The van der Waals surface area contributed by atoms with Crippen molar-refractivity contribution in [2.75, 3.05) is 26.7 Å². The summed E-state index contributed by atoms with van der Waals surface area (Å²) in [5.41, 5.74) is 5.55. The predicted octanol–water partition coefficient (Wildman–Crippen LogP) is -0.109. The van der Waals surface area contributed by atoms with E-state index in [2.05, 4.69) is 15.5 Å². The SMILES string of the molecule is CNC(=O)NC(=O)C(C)N1CCC(CCN)CC1. The van der Waals surface area contributed by atoms with E-state index in [-0.39, 0.29) is 11.9 Å². The zero-order valence-electron chi connectivity index (χ0n) is 11.2. The monoisotopic (exact) mass is 256 g/mol. The molecular weight excluding hydrogens is 232 g/mol. The summed E-state index contributed by atoms with van der Waals surface area (Å²) in [6.07, 6.45) is 3.22. The predicted molar refractivity (Wildman–Crippen MR) is 70.0 cm³/mol. The Morgan fingerprint density at radius 3 is 2.50 bits per heavy atom. The van der Waals surface area contributed by atoms with Crippen molar-refractivity contribution < 1.29 is 9.59 Å². The van der Waals surface area contributed by atoms with Gasteiger partial charge in [0.15, 0.2) is 0 Å². The van der Waals surface area contributed by atoms with E-state index < -0.39 is 6.03 Å². The summed E-state index contributed by atoms with van der Waals surface area (Å²) >= 11 is 0. The van der Waals surface area contributed by atoms with Crippen molar-refractivity contribution in [2.45, 2.75) is 32.2 Å². The van der Waals surface area contributed by atoms with Gasteiger partial charge < -0.3 is 11.1 Å². The summed E-state index contributed by atoms with van der Waals surface area (Å²) in [5, 5.41) is 4.69. The fraction of sp³-hybridized carbons (Fsp3) is 0.833. The van der Waals surface area contributed by atoms with Crippen molar-refractivity contribution >= 4 is 11.9 Å². The molecule has 1 aliphatic rings. The van der Waals surface area contributed by atoms with Crippen molar-refractivity contribution in [3.8, 4) is 0 Å². The molecule has 6 nitrogen and oxygen atoms in total. The lowest BCUT2D eigenvalue weighted by molar-refractivity contribution is -0.125. The highest BCUT2D eigenvalue weighted by Gasteiger charge is 2.26. The smallest absolute Gasteiger partial charge is 0.321 e. The maximum absolute atomic E-state index is 11.8. The van der Waals surface area contributed by atoms with Crippen LogP contribution in [0.3, 0.4) is 0 Å². The largest absolute Gasteiger partial charge is 0.341 e. The Balaban J connectivity index is 2.37. The molecule has 0 aliphatic carbocycles. The number of piperidine rings is 1. The zero-order chi connectivity index (χ0) is 13.5. The van der Waals surface area contributed by atoms with Gasteiger partial charge in [0.05, 0.1) is 6.04 Å². The van der Waals surface area contributed by atoms with E-state index in [9.17, 15) is 9.59 Å². The van der Waals surface area contributed by atoms with Crippen LogP contribution in [0, 0.1) is 5.92 Å². The first-order valence-electron chi connectivity index (χ1n) is 6.55. The number of nitrogens with zero attached hydrogens (tertiary/aromatic N) is 1. The van der Waals surface area contributed by atoms with Crippen molar-refractivity contribution in [1.29, 1.82) is 0 Å². The normalized spacial score (nSPS) is 19.3. The molecule has 1 aliphatic heterocycles. The quantitative estimate of drug-likeness (QED) is 0.655. The van der Waals surface area contributed by atoms with Crippen molar-refractivity contribution in [3.05, 3.63) is 0 Å². The highest BCUT2D eigenvalue weighted by Crippen LogP contribution is 2.21. The van der Waals surface area contributed by atoms with Crippen LogP contribution in [0.25, 0.3) is 0 Å². The van der Waals surface area contributed by atoms with Gasteiger partial charge in [-0.25, -0.2) is 4.79 Å². The van der Waals surface area contributed by atoms with Gasteiger partial charge >= 0.3 is 6.03 Å². The van der Waals surface area contributed by atoms with E-state index in [0.717, 1.165) is 38.9 Å². The topological polar surface area (TPSA) is 87.5 Å². The maximum atomic E-state index is 11.8. The van der Waals surface area contributed by atoms with Crippen LogP contribution in [0.1, 0.15) is 26.2 Å². The number of nitrogens with two attached hydrogens (primary N) is 1. The van der Waals surface area contributed by atoms with Gasteiger partial charge in [-0.3, -0.25) is 15.0 Å². The van der Waals surface area contributed by atoms with Crippen LogP contribution in [0.5, 0.6) is 0 Å². The van der Waals surface area contributed by atoms with Crippen LogP contribution in [0.4, 0.5) is 4.79 Å². The van der Waals surface area contributed by atoms with E-state index in [0.29, 0.717) is 5.92 Å². The van der Waals surface area contributed by atoms with Gasteiger partial charge in [0.2, 0.25) is 5.91 Å². The Bertz CT molecular complexity index is 288. The van der Waals surface area contributed by atoms with Crippen molar-refractivity contribution in [3.63, 3.8) is 0 Å². The summed E-state index contributed by atoms with van der Waals surface area (Å²) < 4.78 is 0. The minimum Gasteiger partial charge on any atom is -0.341 e. The Morgan fingerprint density at radius 1 is 1.39 bits per heavy atom. The van der Waals surface area contributed by atoms with E-state index in [1.807, 2.05) is 6.92 Å². The number of amides is 3. The fourth-order valence-corrected chi connectivity index (χ4v) is 2.31. The number of likely N-dealkylation sites (tertiary alicyclic amines) is 1. The summed E-state index contributed by atoms with van der Waals surface area (Å²) in [6.45, 7) is 4.36. The molecule has 0 saturated carbocycles. The first-order valence-corrected chi connectivity index (χ1v) is 6.55. The van der Waals surface area contributed by atoms with Crippen LogP contribution < -0.4 is 16.4 Å². The lowest BCUT2D eigenvalue weighted by Crippen LogP contribution is -2.51. The van der Waals surface area contributed by atoms with Crippen LogP contribution in [0.2, 0.25) is 0 Å². The molecule has 0 spiro atoms. The summed E-state index contributed by atoms with van der Waals surface area (Å²) in [6, 6.07) is -0.717. The minimum absolute atomic E-state index is 0.244. The van der Waals surface area contributed by atoms with E-state index in [1.54, 1.807) is 0 Å². The molecule has 0 aromatic carbocycles. The second-order valence-corrected chi connectivity index (χ2v) is 4.80. The summed E-state index contributed by atoms with van der Waals surface area (Å²) in [5.74, 6) is 0.437. The molecule has 0 bridgehead atoms. The molecule has 4 N–H and O–H groups in total. The van der Waals surface area contributed by atoms with Gasteiger partial charge in [0.25, 0.3) is 0 Å². The molecular formula is C12H24N4O2. The molecule has 1 heterocycles. The number of nitrogens with one attached hydrogen (secondary N) is 2. The van der Waals surface area contributed by atoms with Gasteiger partial charge in [-0.1, -0.05) is 0 Å². The van der Waals surface area contributed by atoms with Crippen LogP contribution in [-0.4, -0.2) is 49.6 Å². The maximum Gasteiger partial charge on any atom is 0.321 e. The third-order valence-electron chi connectivity index (χ3n) is 3.61. The molecule has 3 amide bonds. The Kier molecular flexibility index (Phi) is 6.07. The number of urea groups is 1. The molecule has 104 valence electrons. The summed E-state index contributed by atoms with van der Waals surface area (Å²) in [4.78, 5) is 25.0. The number of carbonyl (C=O) groups is 2. The zero-order valence-corrected chi connectivity index (χ0v) is 11.2. The first-order chi connectivity index (χ1) is 8.58. The van der Waals surface area contributed by atoms with Gasteiger partial charge in [-0.05, 0) is 51.7 Å². The van der Waals surface area contributed by atoms with Gasteiger partial charge in [-0.2, -0.15) is 0 Å². The molecule has 1 rings (SSSR count). The average Bonchev–Trinajstić information content (AvgIpc) is 2.39. The Labute approximate surface area is 108 Å². The second-order valence-electron chi connectivity index (χ2n) is 4.80. The molecule has 0 radical (unpaired) electrons. The van der Waals surface area contributed by atoms with Gasteiger partial charge in [0, 0.05) is 7.05 Å². The highest BCUT2D eigenvalue weighted by molar-refractivity contribution is 5.96. The number of hydrogen-bond acceptors (Lipinski definition) is 4. The van der Waals surface area contributed by atoms with Crippen molar-refractivity contribution in [1.82, 2.24) is 15.5 Å².